The number of halogens is 1. The van der Waals surface area contributed by atoms with Crippen LogP contribution in [0.2, 0.25) is 0 Å². The lowest BCUT2D eigenvalue weighted by atomic mass is 10.3. The number of nitrogens with zero attached hydrogens (tertiary/aromatic N) is 1. The molecule has 0 N–H and O–H groups in total. The van der Waals surface area contributed by atoms with Gasteiger partial charge in [0.15, 0.2) is 0 Å². The zero-order valence-corrected chi connectivity index (χ0v) is 7.84. The Morgan fingerprint density at radius 3 is 2.64 bits per heavy atom. The van der Waals surface area contributed by atoms with E-state index in [4.69, 9.17) is 0 Å². The number of hydrogen-bond acceptors (Lipinski definition) is 2. The molecule has 0 aliphatic heterocycles. The summed E-state index contributed by atoms with van der Waals surface area (Å²) < 4.78 is 0.844. The largest absolute Gasteiger partial charge is 0.758 e. The van der Waals surface area contributed by atoms with Crippen molar-refractivity contribution >= 4 is 21.6 Å². The lowest BCUT2D eigenvalue weighted by molar-refractivity contribution is 1.02. The van der Waals surface area contributed by atoms with Gasteiger partial charge in [-0.05, 0) is 35.0 Å². The third-order valence-electron chi connectivity index (χ3n) is 1.41. The van der Waals surface area contributed by atoms with Crippen LogP contribution in [0.4, 0.5) is 5.69 Å². The molecule has 0 aliphatic carbocycles. The van der Waals surface area contributed by atoms with E-state index < -0.39 is 0 Å². The van der Waals surface area contributed by atoms with Crippen LogP contribution in [-0.4, -0.2) is 6.54 Å². The second kappa shape index (κ2) is 3.74. The van der Waals surface area contributed by atoms with E-state index in [1.807, 2.05) is 25.1 Å². The molecule has 11 heavy (non-hydrogen) atoms. The highest BCUT2D eigenvalue weighted by Crippen LogP contribution is 2.24. The van der Waals surface area contributed by atoms with Crippen molar-refractivity contribution in [2.24, 2.45) is 0 Å². The van der Waals surface area contributed by atoms with Gasteiger partial charge in [-0.15, -0.1) is 0 Å². The number of hydroxylamine groups is 1. The van der Waals surface area contributed by atoms with E-state index in [9.17, 15) is 5.21 Å². The standard InChI is InChI=1S/C8H9BrNO/c1-2-10(11)8-6-4-3-5-7(8)9/h3-6H,2H2,1H3/q-1. The molecule has 3 heteroatoms. The van der Waals surface area contributed by atoms with Crippen molar-refractivity contribution in [2.45, 2.75) is 6.92 Å². The van der Waals surface area contributed by atoms with Crippen LogP contribution in [0.15, 0.2) is 28.7 Å². The highest BCUT2D eigenvalue weighted by Gasteiger charge is 1.96. The summed E-state index contributed by atoms with van der Waals surface area (Å²) in [5.74, 6) is 0. The van der Waals surface area contributed by atoms with E-state index in [1.54, 1.807) is 6.07 Å². The first-order valence-electron chi connectivity index (χ1n) is 3.45. The molecule has 1 rings (SSSR count). The van der Waals surface area contributed by atoms with Crippen LogP contribution in [0.3, 0.4) is 0 Å². The van der Waals surface area contributed by atoms with E-state index in [0.29, 0.717) is 12.2 Å². The summed E-state index contributed by atoms with van der Waals surface area (Å²) in [7, 11) is 0. The van der Waals surface area contributed by atoms with Crippen molar-refractivity contribution in [3.8, 4) is 0 Å². The second-order valence-corrected chi connectivity index (χ2v) is 3.00. The Hall–Kier alpha value is -0.540. The molecule has 0 radical (unpaired) electrons. The van der Waals surface area contributed by atoms with Crippen LogP contribution in [0.5, 0.6) is 0 Å². The zero-order valence-electron chi connectivity index (χ0n) is 6.25. The Kier molecular flexibility index (Phi) is 2.91. The van der Waals surface area contributed by atoms with Crippen LogP contribution in [0.25, 0.3) is 0 Å². The highest BCUT2D eigenvalue weighted by atomic mass is 79.9. The van der Waals surface area contributed by atoms with Crippen molar-refractivity contribution in [1.29, 1.82) is 0 Å². The topological polar surface area (TPSA) is 26.3 Å². The molecule has 60 valence electrons. The molecule has 0 aliphatic rings. The first-order chi connectivity index (χ1) is 5.25. The molecule has 2 nitrogen and oxygen atoms in total. The summed E-state index contributed by atoms with van der Waals surface area (Å²) in [6.07, 6.45) is 0. The first-order valence-corrected chi connectivity index (χ1v) is 4.24. The summed E-state index contributed by atoms with van der Waals surface area (Å²) in [6, 6.07) is 7.38. The molecule has 0 aromatic heterocycles. The summed E-state index contributed by atoms with van der Waals surface area (Å²) in [5, 5.41) is 12.1. The van der Waals surface area contributed by atoms with Gasteiger partial charge in [-0.2, -0.15) is 0 Å². The van der Waals surface area contributed by atoms with Gasteiger partial charge >= 0.3 is 0 Å². The predicted molar refractivity (Wildman–Crippen MR) is 50.5 cm³/mol. The highest BCUT2D eigenvalue weighted by molar-refractivity contribution is 9.10. The number of rotatable bonds is 2. The minimum Gasteiger partial charge on any atom is -0.758 e. The lowest BCUT2D eigenvalue weighted by Crippen LogP contribution is -2.13. The Labute approximate surface area is 74.5 Å². The fraction of sp³-hybridized carbons (Fsp3) is 0.250. The van der Waals surface area contributed by atoms with Gasteiger partial charge in [0.25, 0.3) is 0 Å². The molecule has 0 atom stereocenters. The Morgan fingerprint density at radius 2 is 2.09 bits per heavy atom. The normalized spacial score (nSPS) is 9.73. The Balaban J connectivity index is 2.93. The summed E-state index contributed by atoms with van der Waals surface area (Å²) >= 11 is 3.30. The Morgan fingerprint density at radius 1 is 1.45 bits per heavy atom. The summed E-state index contributed by atoms with van der Waals surface area (Å²) in [4.78, 5) is 0. The SMILES string of the molecule is CCN([O-])c1ccccc1Br. The number of anilines is 1. The zero-order chi connectivity index (χ0) is 8.27. The van der Waals surface area contributed by atoms with Crippen LogP contribution >= 0.6 is 15.9 Å². The van der Waals surface area contributed by atoms with Crippen molar-refractivity contribution in [1.82, 2.24) is 0 Å². The fourth-order valence-electron chi connectivity index (χ4n) is 0.824. The van der Waals surface area contributed by atoms with E-state index in [-0.39, 0.29) is 0 Å². The average Bonchev–Trinajstić information content (AvgIpc) is 2.04. The monoisotopic (exact) mass is 214 g/mol. The minimum absolute atomic E-state index is 0.475. The van der Waals surface area contributed by atoms with Gasteiger partial charge < -0.3 is 10.3 Å². The molecule has 1 aromatic rings. The molecule has 0 heterocycles. The molecule has 0 saturated heterocycles. The third-order valence-corrected chi connectivity index (χ3v) is 2.08. The van der Waals surface area contributed by atoms with Gasteiger partial charge in [0.1, 0.15) is 0 Å². The molecule has 0 spiro atoms. The van der Waals surface area contributed by atoms with E-state index in [2.05, 4.69) is 15.9 Å². The lowest BCUT2D eigenvalue weighted by Gasteiger charge is -2.29. The molecule has 0 bridgehead atoms. The van der Waals surface area contributed by atoms with Crippen molar-refractivity contribution in [3.63, 3.8) is 0 Å². The second-order valence-electron chi connectivity index (χ2n) is 2.15. The number of hydrogen-bond donors (Lipinski definition) is 0. The van der Waals surface area contributed by atoms with Crippen molar-refractivity contribution in [2.75, 3.05) is 11.6 Å². The van der Waals surface area contributed by atoms with E-state index in [0.717, 1.165) is 9.54 Å². The van der Waals surface area contributed by atoms with E-state index >= 15 is 0 Å². The van der Waals surface area contributed by atoms with Crippen LogP contribution in [0, 0.1) is 5.21 Å². The first kappa shape index (κ1) is 8.56. The van der Waals surface area contributed by atoms with Gasteiger partial charge in [-0.3, -0.25) is 0 Å². The third kappa shape index (κ3) is 1.94. The van der Waals surface area contributed by atoms with Gasteiger partial charge in [0, 0.05) is 16.7 Å². The molecule has 0 unspecified atom stereocenters. The average molecular weight is 215 g/mol. The van der Waals surface area contributed by atoms with Gasteiger partial charge in [0.2, 0.25) is 0 Å². The number of benzene rings is 1. The number of para-hydroxylation sites is 1. The van der Waals surface area contributed by atoms with Crippen molar-refractivity contribution < 1.29 is 0 Å². The maximum Gasteiger partial charge on any atom is 0.0403 e. The van der Waals surface area contributed by atoms with Crippen molar-refractivity contribution in [3.05, 3.63) is 33.9 Å². The predicted octanol–water partition coefficient (Wildman–Crippen LogP) is 2.77. The molecule has 0 amide bonds. The van der Waals surface area contributed by atoms with Gasteiger partial charge in [0.05, 0.1) is 0 Å². The maximum absolute atomic E-state index is 11.1. The Bertz CT molecular complexity index is 239. The summed E-state index contributed by atoms with van der Waals surface area (Å²) in [6.45, 7) is 2.30. The van der Waals surface area contributed by atoms with Crippen LogP contribution < -0.4 is 5.06 Å². The molecular formula is C8H9BrNO-. The maximum atomic E-state index is 11.1. The minimum atomic E-state index is 0.475. The van der Waals surface area contributed by atoms with Crippen LogP contribution in [-0.2, 0) is 0 Å². The van der Waals surface area contributed by atoms with Gasteiger partial charge in [-0.1, -0.05) is 12.1 Å². The molecule has 1 aromatic carbocycles. The van der Waals surface area contributed by atoms with Crippen LogP contribution in [0.1, 0.15) is 6.92 Å². The molecule has 0 saturated carbocycles. The molecular weight excluding hydrogens is 206 g/mol. The van der Waals surface area contributed by atoms with E-state index in [1.165, 1.54) is 0 Å². The fourth-order valence-corrected chi connectivity index (χ4v) is 1.31. The van der Waals surface area contributed by atoms with Gasteiger partial charge in [-0.25, -0.2) is 0 Å². The quantitative estimate of drug-likeness (QED) is 0.709. The summed E-state index contributed by atoms with van der Waals surface area (Å²) in [5.41, 5.74) is 0.690. The smallest absolute Gasteiger partial charge is 0.0403 e. The molecule has 0 fully saturated rings.